The molecule has 2 fully saturated rings. The van der Waals surface area contributed by atoms with Crippen molar-refractivity contribution in [2.75, 3.05) is 11.5 Å². The number of benzene rings is 2. The number of hydrogen-bond donors (Lipinski definition) is 0. The molecule has 1 unspecified atom stereocenters. The number of nitrogens with zero attached hydrogens (tertiary/aromatic N) is 1. The predicted molar refractivity (Wildman–Crippen MR) is 115 cm³/mol. The van der Waals surface area contributed by atoms with E-state index in [0.29, 0.717) is 21.4 Å². The van der Waals surface area contributed by atoms with E-state index in [2.05, 4.69) is 0 Å². The molecule has 0 saturated carbocycles. The standard InChI is InChI=1S/C20H17NO4S3/c22-19-18(27-20(26)21(19)15-9-10-28(23,24)13-15)12-14-5-4-8-17(11-14)25-16-6-2-1-3-7-16/h1-8,11-12,15H,9-10,13H2/b18-12-. The molecule has 0 aliphatic carbocycles. The predicted octanol–water partition coefficient (Wildman–Crippen LogP) is 3.87. The third kappa shape index (κ3) is 4.14. The smallest absolute Gasteiger partial charge is 0.266 e. The summed E-state index contributed by atoms with van der Waals surface area (Å²) >= 11 is 6.55. The highest BCUT2D eigenvalue weighted by molar-refractivity contribution is 8.26. The van der Waals surface area contributed by atoms with Crippen molar-refractivity contribution in [2.24, 2.45) is 0 Å². The Bertz CT molecular complexity index is 1060. The zero-order valence-corrected chi connectivity index (χ0v) is 17.2. The molecule has 0 spiro atoms. The fourth-order valence-electron chi connectivity index (χ4n) is 3.22. The summed E-state index contributed by atoms with van der Waals surface area (Å²) in [5.74, 6) is 1.25. The van der Waals surface area contributed by atoms with Gasteiger partial charge in [0.15, 0.2) is 9.84 Å². The largest absolute Gasteiger partial charge is 0.457 e. The number of para-hydroxylation sites is 1. The molecular formula is C20H17NO4S3. The van der Waals surface area contributed by atoms with Crippen molar-refractivity contribution in [1.29, 1.82) is 0 Å². The lowest BCUT2D eigenvalue weighted by Crippen LogP contribution is -2.39. The Morgan fingerprint density at radius 2 is 1.86 bits per heavy atom. The molecule has 2 aliphatic heterocycles. The molecule has 0 bridgehead atoms. The second kappa shape index (κ2) is 7.69. The first-order valence-electron chi connectivity index (χ1n) is 8.72. The molecule has 2 aliphatic rings. The number of carbonyl (C=O) groups is 1. The van der Waals surface area contributed by atoms with Crippen molar-refractivity contribution in [2.45, 2.75) is 12.5 Å². The number of thiocarbonyl (C=S) groups is 1. The molecule has 1 amide bonds. The summed E-state index contributed by atoms with van der Waals surface area (Å²) in [4.78, 5) is 14.8. The summed E-state index contributed by atoms with van der Waals surface area (Å²) in [6.45, 7) is 0. The fourth-order valence-corrected chi connectivity index (χ4v) is 6.32. The minimum absolute atomic E-state index is 0.0207. The third-order valence-electron chi connectivity index (χ3n) is 4.53. The molecule has 1 atom stereocenters. The molecule has 2 saturated heterocycles. The van der Waals surface area contributed by atoms with Crippen molar-refractivity contribution < 1.29 is 17.9 Å². The van der Waals surface area contributed by atoms with E-state index in [1.807, 2.05) is 54.6 Å². The molecule has 144 valence electrons. The van der Waals surface area contributed by atoms with E-state index in [9.17, 15) is 13.2 Å². The van der Waals surface area contributed by atoms with Crippen molar-refractivity contribution >= 4 is 50.1 Å². The van der Waals surface area contributed by atoms with Crippen LogP contribution in [0.25, 0.3) is 6.08 Å². The van der Waals surface area contributed by atoms with Crippen molar-refractivity contribution in [3.63, 3.8) is 0 Å². The van der Waals surface area contributed by atoms with E-state index in [-0.39, 0.29) is 23.5 Å². The van der Waals surface area contributed by atoms with Gasteiger partial charge in [0, 0.05) is 0 Å². The molecule has 8 heteroatoms. The zero-order chi connectivity index (χ0) is 19.7. The van der Waals surface area contributed by atoms with Crippen molar-refractivity contribution in [3.8, 4) is 11.5 Å². The lowest BCUT2D eigenvalue weighted by atomic mass is 10.2. The van der Waals surface area contributed by atoms with Crippen LogP contribution >= 0.6 is 24.0 Å². The van der Waals surface area contributed by atoms with Crippen LogP contribution in [0.1, 0.15) is 12.0 Å². The van der Waals surface area contributed by atoms with Crippen LogP contribution < -0.4 is 4.74 Å². The number of thioether (sulfide) groups is 1. The van der Waals surface area contributed by atoms with E-state index in [1.54, 1.807) is 6.08 Å². The van der Waals surface area contributed by atoms with Gasteiger partial charge in [-0.25, -0.2) is 8.42 Å². The molecular weight excluding hydrogens is 414 g/mol. The number of sulfone groups is 1. The summed E-state index contributed by atoms with van der Waals surface area (Å²) in [6.07, 6.45) is 2.20. The topological polar surface area (TPSA) is 63.7 Å². The Hall–Kier alpha value is -2.16. The molecule has 0 N–H and O–H groups in total. The van der Waals surface area contributed by atoms with Gasteiger partial charge in [-0.3, -0.25) is 9.69 Å². The number of ether oxygens (including phenoxy) is 1. The molecule has 28 heavy (non-hydrogen) atoms. The zero-order valence-electron chi connectivity index (χ0n) is 14.8. The van der Waals surface area contributed by atoms with E-state index in [0.717, 1.165) is 11.3 Å². The van der Waals surface area contributed by atoms with Gasteiger partial charge < -0.3 is 4.74 Å². The van der Waals surface area contributed by atoms with Crippen LogP contribution in [-0.2, 0) is 14.6 Å². The van der Waals surface area contributed by atoms with Gasteiger partial charge in [-0.2, -0.15) is 0 Å². The average Bonchev–Trinajstić information content (AvgIpc) is 3.14. The monoisotopic (exact) mass is 431 g/mol. The quantitative estimate of drug-likeness (QED) is 0.541. The average molecular weight is 432 g/mol. The lowest BCUT2D eigenvalue weighted by molar-refractivity contribution is -0.123. The molecule has 2 heterocycles. The number of hydrogen-bond acceptors (Lipinski definition) is 6. The van der Waals surface area contributed by atoms with Gasteiger partial charge in [-0.05, 0) is 42.3 Å². The number of amides is 1. The first-order valence-corrected chi connectivity index (χ1v) is 11.8. The molecule has 2 aromatic rings. The third-order valence-corrected chi connectivity index (χ3v) is 7.61. The second-order valence-corrected chi connectivity index (χ2v) is 10.5. The van der Waals surface area contributed by atoms with Crippen LogP contribution in [-0.4, -0.2) is 41.1 Å². The molecule has 0 radical (unpaired) electrons. The van der Waals surface area contributed by atoms with Crippen LogP contribution in [0, 0.1) is 0 Å². The van der Waals surface area contributed by atoms with Crippen molar-refractivity contribution in [3.05, 3.63) is 65.1 Å². The minimum atomic E-state index is -3.09. The normalized spacial score (nSPS) is 22.8. The van der Waals surface area contributed by atoms with Crippen LogP contribution in [0.2, 0.25) is 0 Å². The van der Waals surface area contributed by atoms with Gasteiger partial charge in [0.05, 0.1) is 22.5 Å². The lowest BCUT2D eigenvalue weighted by Gasteiger charge is -2.20. The highest BCUT2D eigenvalue weighted by Crippen LogP contribution is 2.36. The number of rotatable bonds is 4. The van der Waals surface area contributed by atoms with Gasteiger partial charge in [-0.1, -0.05) is 54.3 Å². The Morgan fingerprint density at radius 3 is 2.57 bits per heavy atom. The van der Waals surface area contributed by atoms with Gasteiger partial charge in [-0.15, -0.1) is 0 Å². The van der Waals surface area contributed by atoms with Crippen LogP contribution in [0.5, 0.6) is 11.5 Å². The number of carbonyl (C=O) groups excluding carboxylic acids is 1. The van der Waals surface area contributed by atoms with E-state index < -0.39 is 9.84 Å². The Balaban J connectivity index is 1.54. The van der Waals surface area contributed by atoms with Gasteiger partial charge in [0.25, 0.3) is 5.91 Å². The Kier molecular flexibility index (Phi) is 5.27. The minimum Gasteiger partial charge on any atom is -0.457 e. The summed E-state index contributed by atoms with van der Waals surface area (Å²) in [5, 5.41) is 0. The summed E-state index contributed by atoms with van der Waals surface area (Å²) in [5.41, 5.74) is 0.813. The van der Waals surface area contributed by atoms with Crippen molar-refractivity contribution in [1.82, 2.24) is 4.90 Å². The van der Waals surface area contributed by atoms with Crippen LogP contribution in [0.4, 0.5) is 0 Å². The van der Waals surface area contributed by atoms with E-state index in [1.165, 1.54) is 16.7 Å². The molecule has 0 aromatic heterocycles. The van der Waals surface area contributed by atoms with Gasteiger partial charge in [0.2, 0.25) is 0 Å². The first-order chi connectivity index (χ1) is 13.4. The SMILES string of the molecule is O=C1/C(=C/c2cccc(Oc3ccccc3)c2)SC(=S)N1C1CCS(=O)(=O)C1. The van der Waals surface area contributed by atoms with Crippen LogP contribution in [0.3, 0.4) is 0 Å². The highest BCUT2D eigenvalue weighted by atomic mass is 32.2. The van der Waals surface area contributed by atoms with E-state index >= 15 is 0 Å². The summed E-state index contributed by atoms with van der Waals surface area (Å²) in [6, 6.07) is 16.5. The van der Waals surface area contributed by atoms with Gasteiger partial charge >= 0.3 is 0 Å². The summed E-state index contributed by atoms with van der Waals surface area (Å²) < 4.78 is 29.8. The second-order valence-electron chi connectivity index (χ2n) is 6.60. The Morgan fingerprint density at radius 1 is 1.11 bits per heavy atom. The maximum Gasteiger partial charge on any atom is 0.266 e. The molecule has 5 nitrogen and oxygen atoms in total. The van der Waals surface area contributed by atoms with E-state index in [4.69, 9.17) is 17.0 Å². The van der Waals surface area contributed by atoms with Crippen LogP contribution in [0.15, 0.2) is 59.5 Å². The maximum atomic E-state index is 12.8. The van der Waals surface area contributed by atoms with Gasteiger partial charge in [0.1, 0.15) is 15.8 Å². The molecule has 4 rings (SSSR count). The first kappa shape index (κ1) is 19.2. The highest BCUT2D eigenvalue weighted by Gasteiger charge is 2.42. The fraction of sp³-hybridized carbons (Fsp3) is 0.200. The summed E-state index contributed by atoms with van der Waals surface area (Å²) in [7, 11) is -3.09. The molecule has 2 aromatic carbocycles. The maximum absolute atomic E-state index is 12.8. The Labute approximate surface area is 173 Å².